The van der Waals surface area contributed by atoms with E-state index in [1.807, 2.05) is 30.3 Å². The van der Waals surface area contributed by atoms with Crippen molar-refractivity contribution in [2.75, 3.05) is 6.61 Å². The quantitative estimate of drug-likeness (QED) is 0.573. The number of halogens is 2. The molecule has 2 N–H and O–H groups in total. The molecular formula is C19H17Br2NO4. The van der Waals surface area contributed by atoms with Crippen LogP contribution in [0.25, 0.3) is 6.08 Å². The molecule has 2 aromatic rings. The van der Waals surface area contributed by atoms with Gasteiger partial charge in [-0.1, -0.05) is 30.3 Å². The predicted octanol–water partition coefficient (Wildman–Crippen LogP) is 4.39. The van der Waals surface area contributed by atoms with Crippen LogP contribution >= 0.6 is 31.9 Å². The van der Waals surface area contributed by atoms with Crippen molar-refractivity contribution >= 4 is 49.8 Å². The molecule has 7 heteroatoms. The summed E-state index contributed by atoms with van der Waals surface area (Å²) in [5, 5.41) is 11.5. The molecule has 0 aromatic heterocycles. The van der Waals surface area contributed by atoms with Gasteiger partial charge >= 0.3 is 5.97 Å². The third-order valence-electron chi connectivity index (χ3n) is 3.35. The number of nitrogens with one attached hydrogen (secondary N) is 1. The first-order valence-corrected chi connectivity index (χ1v) is 9.33. The molecule has 0 saturated carbocycles. The van der Waals surface area contributed by atoms with Crippen LogP contribution in [-0.4, -0.2) is 23.6 Å². The number of carboxylic acid groups (broad SMARTS) is 1. The summed E-state index contributed by atoms with van der Waals surface area (Å²) in [7, 11) is 0. The molecule has 0 fully saturated rings. The zero-order chi connectivity index (χ0) is 19.1. The summed E-state index contributed by atoms with van der Waals surface area (Å²) in [5.74, 6) is -1.03. The molecule has 0 radical (unpaired) electrons. The lowest BCUT2D eigenvalue weighted by atomic mass is 10.1. The summed E-state index contributed by atoms with van der Waals surface area (Å²) in [5.41, 5.74) is 1.58. The van der Waals surface area contributed by atoms with Crippen molar-refractivity contribution in [3.63, 3.8) is 0 Å². The smallest absolute Gasteiger partial charge is 0.352 e. The van der Waals surface area contributed by atoms with E-state index < -0.39 is 11.9 Å². The lowest BCUT2D eigenvalue weighted by Gasteiger charge is -2.12. The minimum absolute atomic E-state index is 0.200. The molecule has 26 heavy (non-hydrogen) atoms. The molecule has 0 unspecified atom stereocenters. The molecule has 0 bridgehead atoms. The molecule has 0 aliphatic rings. The molecule has 2 rings (SSSR count). The zero-order valence-electron chi connectivity index (χ0n) is 14.0. The summed E-state index contributed by atoms with van der Waals surface area (Å²) in [6.45, 7) is 1.76. The maximum atomic E-state index is 11.2. The zero-order valence-corrected chi connectivity index (χ0v) is 17.1. The fraction of sp³-hybridized carbons (Fsp3) is 0.158. The van der Waals surface area contributed by atoms with Crippen molar-refractivity contribution in [1.82, 2.24) is 5.32 Å². The van der Waals surface area contributed by atoms with Crippen LogP contribution in [0.15, 0.2) is 57.1 Å². The minimum atomic E-state index is -1.21. The Morgan fingerprint density at radius 1 is 1.15 bits per heavy atom. The number of carbonyl (C=O) groups excluding carboxylic acids is 1. The highest BCUT2D eigenvalue weighted by Gasteiger charge is 2.12. The molecule has 0 aliphatic heterocycles. The van der Waals surface area contributed by atoms with Gasteiger partial charge in [0.05, 0.1) is 15.6 Å². The lowest BCUT2D eigenvalue weighted by molar-refractivity contribution is -0.134. The van der Waals surface area contributed by atoms with Gasteiger partial charge in [-0.2, -0.15) is 0 Å². The van der Waals surface area contributed by atoms with Crippen molar-refractivity contribution in [3.8, 4) is 5.75 Å². The summed E-state index contributed by atoms with van der Waals surface area (Å²) in [6.07, 6.45) is 2.15. The number of carboxylic acids is 1. The van der Waals surface area contributed by atoms with Gasteiger partial charge in [-0.05, 0) is 61.2 Å². The SMILES string of the molecule is CC(=O)N/C(=C/c1cc(Br)c(OCCc2ccccc2)c(Br)c1)C(=O)O. The third kappa shape index (κ3) is 6.00. The first-order valence-electron chi connectivity index (χ1n) is 7.75. The van der Waals surface area contributed by atoms with Crippen molar-refractivity contribution < 1.29 is 19.4 Å². The van der Waals surface area contributed by atoms with Crippen LogP contribution in [0, 0.1) is 0 Å². The Morgan fingerprint density at radius 2 is 1.77 bits per heavy atom. The van der Waals surface area contributed by atoms with Gasteiger partial charge in [0.1, 0.15) is 11.4 Å². The van der Waals surface area contributed by atoms with Gasteiger partial charge in [-0.3, -0.25) is 4.79 Å². The Kier molecular flexibility index (Phi) is 7.41. The van der Waals surface area contributed by atoms with Gasteiger partial charge < -0.3 is 15.2 Å². The standard InChI is InChI=1S/C19H17Br2NO4/c1-12(23)22-17(19(24)25)11-14-9-15(20)18(16(21)10-14)26-8-7-13-5-3-2-4-6-13/h2-6,9-11H,7-8H2,1H3,(H,22,23)(H,24,25)/b17-11+. The van der Waals surface area contributed by atoms with Gasteiger partial charge in [-0.25, -0.2) is 4.79 Å². The molecule has 0 saturated heterocycles. The average Bonchev–Trinajstić information content (AvgIpc) is 2.57. The van der Waals surface area contributed by atoms with Crippen LogP contribution in [0.4, 0.5) is 0 Å². The third-order valence-corrected chi connectivity index (χ3v) is 4.53. The first-order chi connectivity index (χ1) is 12.4. The number of rotatable bonds is 7. The molecule has 5 nitrogen and oxygen atoms in total. The summed E-state index contributed by atoms with van der Waals surface area (Å²) in [6, 6.07) is 13.5. The van der Waals surface area contributed by atoms with Crippen LogP contribution in [-0.2, 0) is 16.0 Å². The number of hydrogen-bond donors (Lipinski definition) is 2. The van der Waals surface area contributed by atoms with E-state index in [0.29, 0.717) is 26.9 Å². The molecule has 136 valence electrons. The molecule has 0 heterocycles. The van der Waals surface area contributed by atoms with E-state index >= 15 is 0 Å². The minimum Gasteiger partial charge on any atom is -0.491 e. The number of hydrogen-bond acceptors (Lipinski definition) is 3. The maximum absolute atomic E-state index is 11.2. The van der Waals surface area contributed by atoms with E-state index in [-0.39, 0.29) is 5.70 Å². The molecule has 0 aliphatic carbocycles. The maximum Gasteiger partial charge on any atom is 0.352 e. The lowest BCUT2D eigenvalue weighted by Crippen LogP contribution is -2.24. The van der Waals surface area contributed by atoms with Crippen LogP contribution in [0.3, 0.4) is 0 Å². The topological polar surface area (TPSA) is 75.6 Å². The Balaban J connectivity index is 2.14. The van der Waals surface area contributed by atoms with Crippen molar-refractivity contribution in [1.29, 1.82) is 0 Å². The van der Waals surface area contributed by atoms with E-state index in [2.05, 4.69) is 37.2 Å². The summed E-state index contributed by atoms with van der Waals surface area (Å²) < 4.78 is 7.20. The van der Waals surface area contributed by atoms with E-state index in [1.165, 1.54) is 18.6 Å². The second kappa shape index (κ2) is 9.54. The summed E-state index contributed by atoms with van der Waals surface area (Å²) >= 11 is 6.89. The Labute approximate surface area is 168 Å². The highest BCUT2D eigenvalue weighted by atomic mass is 79.9. The van der Waals surface area contributed by atoms with E-state index in [9.17, 15) is 9.59 Å². The van der Waals surface area contributed by atoms with Crippen LogP contribution in [0.5, 0.6) is 5.75 Å². The van der Waals surface area contributed by atoms with Crippen LogP contribution in [0.1, 0.15) is 18.1 Å². The highest BCUT2D eigenvalue weighted by Crippen LogP contribution is 2.35. The average molecular weight is 483 g/mol. The van der Waals surface area contributed by atoms with Crippen LogP contribution < -0.4 is 10.1 Å². The van der Waals surface area contributed by atoms with Gasteiger partial charge in [0.25, 0.3) is 0 Å². The molecule has 1 amide bonds. The van der Waals surface area contributed by atoms with Crippen molar-refractivity contribution in [2.45, 2.75) is 13.3 Å². The van der Waals surface area contributed by atoms with Gasteiger partial charge in [0, 0.05) is 13.3 Å². The number of carbonyl (C=O) groups is 2. The second-order valence-electron chi connectivity index (χ2n) is 5.44. The Bertz CT molecular complexity index is 812. The molecule has 0 spiro atoms. The van der Waals surface area contributed by atoms with E-state index in [1.54, 1.807) is 12.1 Å². The number of benzene rings is 2. The van der Waals surface area contributed by atoms with Gasteiger partial charge in [0.15, 0.2) is 0 Å². The first kappa shape index (κ1) is 20.2. The summed E-state index contributed by atoms with van der Waals surface area (Å²) in [4.78, 5) is 22.3. The molecule has 2 aromatic carbocycles. The second-order valence-corrected chi connectivity index (χ2v) is 7.15. The molecular weight excluding hydrogens is 466 g/mol. The highest BCUT2D eigenvalue weighted by molar-refractivity contribution is 9.11. The van der Waals surface area contributed by atoms with Gasteiger partial charge in [0.2, 0.25) is 5.91 Å². The molecule has 0 atom stereocenters. The fourth-order valence-corrected chi connectivity index (χ4v) is 3.67. The largest absolute Gasteiger partial charge is 0.491 e. The van der Waals surface area contributed by atoms with Crippen molar-refractivity contribution in [2.24, 2.45) is 0 Å². The Hall–Kier alpha value is -2.12. The fourth-order valence-electron chi connectivity index (χ4n) is 2.22. The monoisotopic (exact) mass is 481 g/mol. The van der Waals surface area contributed by atoms with E-state index in [4.69, 9.17) is 9.84 Å². The number of aliphatic carboxylic acids is 1. The van der Waals surface area contributed by atoms with Crippen molar-refractivity contribution in [3.05, 3.63) is 68.2 Å². The predicted molar refractivity (Wildman–Crippen MR) is 107 cm³/mol. The van der Waals surface area contributed by atoms with E-state index in [0.717, 1.165) is 6.42 Å². The number of ether oxygens (including phenoxy) is 1. The number of amides is 1. The van der Waals surface area contributed by atoms with Gasteiger partial charge in [-0.15, -0.1) is 0 Å². The van der Waals surface area contributed by atoms with Crippen LogP contribution in [0.2, 0.25) is 0 Å². The Morgan fingerprint density at radius 3 is 2.31 bits per heavy atom. The normalized spacial score (nSPS) is 11.1.